The number of nitrogens with zero attached hydrogens (tertiary/aromatic N) is 1. The molecule has 1 heterocycles. The van der Waals surface area contributed by atoms with Gasteiger partial charge in [0.1, 0.15) is 5.75 Å². The van der Waals surface area contributed by atoms with Crippen LogP contribution in [-0.4, -0.2) is 43.1 Å². The van der Waals surface area contributed by atoms with E-state index in [4.69, 9.17) is 9.47 Å². The zero-order chi connectivity index (χ0) is 16.8. The van der Waals surface area contributed by atoms with Crippen LogP contribution >= 0.6 is 0 Å². The van der Waals surface area contributed by atoms with E-state index in [-0.39, 0.29) is 17.8 Å². The molecule has 0 spiro atoms. The summed E-state index contributed by atoms with van der Waals surface area (Å²) in [7, 11) is 1.40. The summed E-state index contributed by atoms with van der Waals surface area (Å²) in [5.41, 5.74) is 1.09. The third-order valence-corrected chi connectivity index (χ3v) is 4.35. The summed E-state index contributed by atoms with van der Waals surface area (Å²) in [6, 6.07) is 7.78. The number of hydrogen-bond acceptors (Lipinski definition) is 4. The molecule has 0 N–H and O–H groups in total. The van der Waals surface area contributed by atoms with Crippen molar-refractivity contribution in [1.82, 2.24) is 4.90 Å². The van der Waals surface area contributed by atoms with E-state index in [0.29, 0.717) is 25.9 Å². The van der Waals surface area contributed by atoms with Crippen molar-refractivity contribution in [3.05, 3.63) is 29.8 Å². The fourth-order valence-corrected chi connectivity index (χ4v) is 2.91. The Morgan fingerprint density at radius 1 is 1.26 bits per heavy atom. The largest absolute Gasteiger partial charge is 0.481 e. The Balaban J connectivity index is 1.92. The van der Waals surface area contributed by atoms with Gasteiger partial charge in [-0.3, -0.25) is 9.59 Å². The summed E-state index contributed by atoms with van der Waals surface area (Å²) in [4.78, 5) is 25.8. The number of para-hydroxylation sites is 1. The van der Waals surface area contributed by atoms with Gasteiger partial charge in [0.2, 0.25) is 0 Å². The Morgan fingerprint density at radius 2 is 1.91 bits per heavy atom. The number of methoxy groups -OCH3 is 1. The van der Waals surface area contributed by atoms with Crippen LogP contribution < -0.4 is 4.74 Å². The second kappa shape index (κ2) is 7.99. The van der Waals surface area contributed by atoms with Crippen LogP contribution in [0.4, 0.5) is 0 Å². The van der Waals surface area contributed by atoms with Gasteiger partial charge in [-0.1, -0.05) is 25.1 Å². The number of rotatable bonds is 5. The van der Waals surface area contributed by atoms with Crippen molar-refractivity contribution >= 4 is 11.9 Å². The Morgan fingerprint density at radius 3 is 2.52 bits per heavy atom. The second-order valence-electron chi connectivity index (χ2n) is 5.84. The van der Waals surface area contributed by atoms with Crippen LogP contribution in [0.3, 0.4) is 0 Å². The van der Waals surface area contributed by atoms with Crippen molar-refractivity contribution in [3.8, 4) is 5.75 Å². The summed E-state index contributed by atoms with van der Waals surface area (Å²) in [6.45, 7) is 4.98. The summed E-state index contributed by atoms with van der Waals surface area (Å²) in [5.74, 6) is 0.457. The van der Waals surface area contributed by atoms with Crippen molar-refractivity contribution in [2.45, 2.75) is 39.2 Å². The summed E-state index contributed by atoms with van der Waals surface area (Å²) >= 11 is 0. The lowest BCUT2D eigenvalue weighted by molar-refractivity contribution is -0.150. The minimum atomic E-state index is -0.530. The van der Waals surface area contributed by atoms with Gasteiger partial charge in [0, 0.05) is 13.1 Å². The number of likely N-dealkylation sites (tertiary alicyclic amines) is 1. The Labute approximate surface area is 137 Å². The minimum Gasteiger partial charge on any atom is -0.481 e. The smallest absolute Gasteiger partial charge is 0.308 e. The maximum absolute atomic E-state index is 12.5. The van der Waals surface area contributed by atoms with Gasteiger partial charge < -0.3 is 14.4 Å². The molecule has 1 aromatic carbocycles. The lowest BCUT2D eigenvalue weighted by atomic mass is 9.97. The SMILES string of the molecule is CCc1ccccc1OC(C)C(=O)N1CCC(C(=O)OC)CC1. The number of benzene rings is 1. The molecule has 0 bridgehead atoms. The molecule has 1 fully saturated rings. The van der Waals surface area contributed by atoms with Crippen LogP contribution in [0.15, 0.2) is 24.3 Å². The van der Waals surface area contributed by atoms with E-state index in [9.17, 15) is 9.59 Å². The van der Waals surface area contributed by atoms with E-state index < -0.39 is 6.10 Å². The zero-order valence-corrected chi connectivity index (χ0v) is 14.1. The maximum atomic E-state index is 12.5. The normalized spacial score (nSPS) is 16.7. The highest BCUT2D eigenvalue weighted by Gasteiger charge is 2.30. The van der Waals surface area contributed by atoms with Crippen LogP contribution in [0.25, 0.3) is 0 Å². The summed E-state index contributed by atoms with van der Waals surface area (Å²) in [5, 5.41) is 0. The highest BCUT2D eigenvalue weighted by molar-refractivity contribution is 5.81. The molecule has 0 aliphatic carbocycles. The standard InChI is InChI=1S/C18H25NO4/c1-4-14-7-5-6-8-16(14)23-13(2)17(20)19-11-9-15(10-12-19)18(21)22-3/h5-8,13,15H,4,9-12H2,1-3H3. The van der Waals surface area contributed by atoms with Gasteiger partial charge >= 0.3 is 5.97 Å². The molecule has 0 aromatic heterocycles. The Bertz CT molecular complexity index is 550. The highest BCUT2D eigenvalue weighted by atomic mass is 16.5. The van der Waals surface area contributed by atoms with Crippen molar-refractivity contribution in [2.75, 3.05) is 20.2 Å². The van der Waals surface area contributed by atoms with Gasteiger partial charge in [0.25, 0.3) is 5.91 Å². The van der Waals surface area contributed by atoms with Gasteiger partial charge in [-0.25, -0.2) is 0 Å². The Hall–Kier alpha value is -2.04. The molecule has 5 heteroatoms. The fraction of sp³-hybridized carbons (Fsp3) is 0.556. The van der Waals surface area contributed by atoms with E-state index in [2.05, 4.69) is 6.92 Å². The molecule has 0 saturated carbocycles. The van der Waals surface area contributed by atoms with Gasteiger partial charge in [-0.05, 0) is 37.8 Å². The molecule has 0 radical (unpaired) electrons. The molecule has 1 saturated heterocycles. The first-order chi connectivity index (χ1) is 11.1. The average molecular weight is 319 g/mol. The quantitative estimate of drug-likeness (QED) is 0.782. The predicted molar refractivity (Wildman–Crippen MR) is 87.2 cm³/mol. The summed E-state index contributed by atoms with van der Waals surface area (Å²) < 4.78 is 10.6. The first-order valence-corrected chi connectivity index (χ1v) is 8.18. The second-order valence-corrected chi connectivity index (χ2v) is 5.84. The monoisotopic (exact) mass is 319 g/mol. The number of carbonyl (C=O) groups excluding carboxylic acids is 2. The maximum Gasteiger partial charge on any atom is 0.308 e. The molecule has 1 aliphatic heterocycles. The molecule has 1 atom stereocenters. The zero-order valence-electron chi connectivity index (χ0n) is 14.1. The molecule has 2 rings (SSSR count). The van der Waals surface area contributed by atoms with Crippen LogP contribution in [0.2, 0.25) is 0 Å². The number of hydrogen-bond donors (Lipinski definition) is 0. The predicted octanol–water partition coefficient (Wildman–Crippen LogP) is 2.43. The molecule has 1 unspecified atom stereocenters. The molecule has 126 valence electrons. The number of aryl methyl sites for hydroxylation is 1. The molecule has 5 nitrogen and oxygen atoms in total. The first-order valence-electron chi connectivity index (χ1n) is 8.18. The van der Waals surface area contributed by atoms with Gasteiger partial charge in [-0.15, -0.1) is 0 Å². The third kappa shape index (κ3) is 4.24. The third-order valence-electron chi connectivity index (χ3n) is 4.35. The van der Waals surface area contributed by atoms with Crippen LogP contribution in [-0.2, 0) is 20.7 Å². The van der Waals surface area contributed by atoms with Crippen molar-refractivity contribution in [1.29, 1.82) is 0 Å². The topological polar surface area (TPSA) is 55.8 Å². The number of esters is 1. The van der Waals surface area contributed by atoms with Crippen molar-refractivity contribution < 1.29 is 19.1 Å². The highest BCUT2D eigenvalue weighted by Crippen LogP contribution is 2.22. The van der Waals surface area contributed by atoms with Crippen LogP contribution in [0.5, 0.6) is 5.75 Å². The van der Waals surface area contributed by atoms with E-state index >= 15 is 0 Å². The number of carbonyl (C=O) groups is 2. The van der Waals surface area contributed by atoms with Crippen LogP contribution in [0, 0.1) is 5.92 Å². The average Bonchev–Trinajstić information content (AvgIpc) is 2.61. The minimum absolute atomic E-state index is 0.0285. The molecule has 1 amide bonds. The number of ether oxygens (including phenoxy) is 2. The lowest BCUT2D eigenvalue weighted by Gasteiger charge is -2.32. The lowest BCUT2D eigenvalue weighted by Crippen LogP contribution is -2.45. The molecular formula is C18H25NO4. The molecule has 1 aromatic rings. The summed E-state index contributed by atoms with van der Waals surface area (Å²) in [6.07, 6.45) is 1.63. The van der Waals surface area contributed by atoms with Gasteiger partial charge in [0.15, 0.2) is 6.10 Å². The Kier molecular flexibility index (Phi) is 6.02. The van der Waals surface area contributed by atoms with Crippen molar-refractivity contribution in [3.63, 3.8) is 0 Å². The molecular weight excluding hydrogens is 294 g/mol. The number of amides is 1. The molecule has 23 heavy (non-hydrogen) atoms. The van der Waals surface area contributed by atoms with E-state index in [1.807, 2.05) is 24.3 Å². The molecule has 1 aliphatic rings. The van der Waals surface area contributed by atoms with Crippen LogP contribution in [0.1, 0.15) is 32.3 Å². The van der Waals surface area contributed by atoms with E-state index in [1.54, 1.807) is 11.8 Å². The van der Waals surface area contributed by atoms with Gasteiger partial charge in [-0.2, -0.15) is 0 Å². The van der Waals surface area contributed by atoms with Gasteiger partial charge in [0.05, 0.1) is 13.0 Å². The first kappa shape index (κ1) is 17.3. The number of piperidine rings is 1. The van der Waals surface area contributed by atoms with E-state index in [1.165, 1.54) is 7.11 Å². The van der Waals surface area contributed by atoms with Crippen molar-refractivity contribution in [2.24, 2.45) is 5.92 Å². The fourth-order valence-electron chi connectivity index (χ4n) is 2.91. The van der Waals surface area contributed by atoms with E-state index in [0.717, 1.165) is 17.7 Å².